The fourth-order valence-electron chi connectivity index (χ4n) is 2.23. The Morgan fingerprint density at radius 1 is 1.37 bits per heavy atom. The third-order valence-corrected chi connectivity index (χ3v) is 5.41. The number of H-pyrrole nitrogens is 1. The summed E-state index contributed by atoms with van der Waals surface area (Å²) in [4.78, 5) is 53.7. The van der Waals surface area contributed by atoms with Crippen molar-refractivity contribution in [3.8, 4) is 0 Å². The Bertz CT molecular complexity index is 948. The highest BCUT2D eigenvalue weighted by atomic mass is 31.3. The molecule has 0 amide bonds. The molecule has 18 heteroatoms. The van der Waals surface area contributed by atoms with Crippen molar-refractivity contribution < 1.29 is 42.5 Å². The van der Waals surface area contributed by atoms with Crippen molar-refractivity contribution in [2.24, 2.45) is 5.11 Å². The molecule has 0 aliphatic carbocycles. The van der Waals surface area contributed by atoms with Gasteiger partial charge >= 0.3 is 21.3 Å². The minimum atomic E-state index is -5.34. The van der Waals surface area contributed by atoms with Crippen LogP contribution in [0.3, 0.4) is 0 Å². The minimum Gasteiger partial charge on any atom is -0.390 e. The van der Waals surface area contributed by atoms with Gasteiger partial charge in [0.15, 0.2) is 0 Å². The number of hydrogen-bond acceptors (Lipinski definition) is 9. The van der Waals surface area contributed by atoms with Crippen molar-refractivity contribution in [2.45, 2.75) is 24.5 Å². The second kappa shape index (κ2) is 8.04. The zero-order chi connectivity index (χ0) is 20.4. The van der Waals surface area contributed by atoms with Crippen molar-refractivity contribution in [1.29, 1.82) is 0 Å². The number of phosphoric ester groups is 1. The summed E-state index contributed by atoms with van der Waals surface area (Å²) < 4.78 is 36.1. The van der Waals surface area contributed by atoms with Gasteiger partial charge in [-0.1, -0.05) is 5.11 Å². The second-order valence-corrected chi connectivity index (χ2v) is 7.93. The van der Waals surface area contributed by atoms with Gasteiger partial charge in [0.1, 0.15) is 18.4 Å². The summed E-state index contributed by atoms with van der Waals surface area (Å²) in [5, 5.41) is 13.5. The average molecular weight is 429 g/mol. The largest absolute Gasteiger partial charge is 0.481 e. The van der Waals surface area contributed by atoms with Crippen LogP contribution in [0.2, 0.25) is 0 Å². The zero-order valence-electron chi connectivity index (χ0n) is 13.0. The lowest BCUT2D eigenvalue weighted by molar-refractivity contribution is -0.0455. The molecule has 5 atom stereocenters. The lowest BCUT2D eigenvalue weighted by Gasteiger charge is -2.18. The van der Waals surface area contributed by atoms with Crippen molar-refractivity contribution >= 4 is 15.6 Å². The van der Waals surface area contributed by atoms with Gasteiger partial charge in [0.25, 0.3) is 5.56 Å². The molecule has 1 aromatic heterocycles. The Balaban J connectivity index is 2.22. The van der Waals surface area contributed by atoms with Gasteiger partial charge in [-0.15, -0.1) is 0 Å². The molecule has 1 saturated heterocycles. The minimum absolute atomic E-state index is 0.717. The molecule has 1 aromatic rings. The lowest BCUT2D eigenvalue weighted by atomic mass is 10.1. The zero-order valence-corrected chi connectivity index (χ0v) is 14.8. The molecule has 2 heterocycles. The monoisotopic (exact) mass is 429 g/mol. The summed E-state index contributed by atoms with van der Waals surface area (Å²) in [5.41, 5.74) is 6.96. The van der Waals surface area contributed by atoms with Crippen molar-refractivity contribution in [2.75, 3.05) is 6.61 Å². The number of phosphoric acid groups is 2. The van der Waals surface area contributed by atoms with Crippen LogP contribution in [-0.2, 0) is 22.7 Å². The number of nitrogens with zero attached hydrogens (tertiary/aromatic N) is 4. The highest BCUT2D eigenvalue weighted by molar-refractivity contribution is 7.60. The molecule has 2 rings (SSSR count). The maximum atomic E-state index is 11.9. The Morgan fingerprint density at radius 2 is 2.04 bits per heavy atom. The highest BCUT2D eigenvalue weighted by Gasteiger charge is 2.46. The van der Waals surface area contributed by atoms with Gasteiger partial charge in [-0.2, -0.15) is 4.31 Å². The fourth-order valence-corrected chi connectivity index (χ4v) is 3.83. The van der Waals surface area contributed by atoms with E-state index in [1.54, 1.807) is 0 Å². The predicted octanol–water partition coefficient (Wildman–Crippen LogP) is -1.30. The van der Waals surface area contributed by atoms with Crippen LogP contribution in [0.25, 0.3) is 10.4 Å². The number of nitrogens with one attached hydrogen (secondary N) is 1. The van der Waals surface area contributed by atoms with Crippen LogP contribution in [0.4, 0.5) is 0 Å². The van der Waals surface area contributed by atoms with E-state index in [0.717, 1.165) is 16.8 Å². The molecule has 27 heavy (non-hydrogen) atoms. The number of rotatable bonds is 7. The number of aliphatic hydroxyl groups excluding tert-OH is 1. The summed E-state index contributed by atoms with van der Waals surface area (Å²) in [6.07, 6.45) is -3.49. The molecule has 16 nitrogen and oxygen atoms in total. The van der Waals surface area contributed by atoms with E-state index in [1.165, 1.54) is 0 Å². The van der Waals surface area contributed by atoms with E-state index in [1.807, 2.05) is 4.98 Å². The van der Waals surface area contributed by atoms with Gasteiger partial charge in [-0.3, -0.25) is 18.9 Å². The smallest absolute Gasteiger partial charge is 0.390 e. The number of hydrogen-bond donors (Lipinski definition) is 5. The molecule has 1 fully saturated rings. The summed E-state index contributed by atoms with van der Waals surface area (Å²) in [7, 11) is -10.6. The van der Waals surface area contributed by atoms with Crippen LogP contribution < -0.4 is 11.2 Å². The van der Waals surface area contributed by atoms with Gasteiger partial charge < -0.3 is 24.5 Å². The van der Waals surface area contributed by atoms with Crippen LogP contribution >= 0.6 is 15.6 Å². The van der Waals surface area contributed by atoms with Crippen LogP contribution in [-0.4, -0.2) is 54.2 Å². The molecule has 1 unspecified atom stereocenters. The lowest BCUT2D eigenvalue weighted by Crippen LogP contribution is -2.36. The highest BCUT2D eigenvalue weighted by Crippen LogP contribution is 2.57. The van der Waals surface area contributed by atoms with E-state index in [4.69, 9.17) is 20.1 Å². The predicted molar refractivity (Wildman–Crippen MR) is 83.1 cm³/mol. The average Bonchev–Trinajstić information content (AvgIpc) is 2.80. The number of aliphatic hydroxyl groups is 1. The molecule has 150 valence electrons. The summed E-state index contributed by atoms with van der Waals surface area (Å²) in [6.45, 7) is -0.916. The third-order valence-electron chi connectivity index (χ3n) is 3.26. The van der Waals surface area contributed by atoms with Gasteiger partial charge in [0, 0.05) is 17.2 Å². The number of aromatic amines is 1. The first kappa shape index (κ1) is 21.5. The topological polar surface area (TPSA) is 246 Å². The maximum Gasteiger partial charge on any atom is 0.481 e. The van der Waals surface area contributed by atoms with Gasteiger partial charge in [0.2, 0.25) is 0 Å². The van der Waals surface area contributed by atoms with Crippen LogP contribution in [0, 0.1) is 0 Å². The van der Waals surface area contributed by atoms with E-state index in [-0.39, 0.29) is 0 Å². The van der Waals surface area contributed by atoms with Gasteiger partial charge in [-0.25, -0.2) is 13.9 Å². The molecule has 1 aliphatic heterocycles. The maximum absolute atomic E-state index is 11.9. The van der Waals surface area contributed by atoms with Gasteiger partial charge in [-0.05, 0) is 5.53 Å². The standard InChI is InChI=1S/C9H13N5O11P2/c10-13-12-6-7(16)4(3-23-27(21,22)25-26(18,19)20)24-8(6)14-2-1-5(15)11-9(14)17/h1-2,4,6-8,16H,3H2,(H,21,22)(H,11,15,17)(H2,18,19,20)/t4-,6-,7-,8-/m1/s1. The molecular formula is C9H13N5O11P2. The fraction of sp³-hybridized carbons (Fsp3) is 0.556. The number of azide groups is 1. The third kappa shape index (κ3) is 5.57. The van der Waals surface area contributed by atoms with Gasteiger partial charge in [0.05, 0.1) is 12.7 Å². The van der Waals surface area contributed by atoms with E-state index >= 15 is 0 Å². The number of ether oxygens (including phenoxy) is 1. The van der Waals surface area contributed by atoms with E-state index < -0.39 is 58.0 Å². The molecule has 0 radical (unpaired) electrons. The quantitative estimate of drug-likeness (QED) is 0.147. The Hall–Kier alpha value is -1.83. The van der Waals surface area contributed by atoms with E-state index in [2.05, 4.69) is 18.9 Å². The first-order valence-corrected chi connectivity index (χ1v) is 9.89. The first-order chi connectivity index (χ1) is 12.4. The van der Waals surface area contributed by atoms with E-state index in [0.29, 0.717) is 0 Å². The van der Waals surface area contributed by atoms with E-state index in [9.17, 15) is 28.7 Å². The summed E-state index contributed by atoms with van der Waals surface area (Å²) in [6, 6.07) is -0.433. The molecule has 0 bridgehead atoms. The van der Waals surface area contributed by atoms with Crippen LogP contribution in [0.15, 0.2) is 27.0 Å². The molecular weight excluding hydrogens is 416 g/mol. The van der Waals surface area contributed by atoms with Crippen molar-refractivity contribution in [3.63, 3.8) is 0 Å². The Morgan fingerprint density at radius 3 is 2.59 bits per heavy atom. The van der Waals surface area contributed by atoms with Crippen LogP contribution in [0.5, 0.6) is 0 Å². The normalized spacial score (nSPS) is 27.7. The molecule has 0 aromatic carbocycles. The SMILES string of the molecule is [N-]=[N+]=N[C@@H]1[C@H](O)[C@@H](COP(=O)(O)OP(=O)(O)O)O[C@H]1n1ccc(=O)[nH]c1=O. The molecule has 1 aliphatic rings. The van der Waals surface area contributed by atoms with Crippen LogP contribution in [0.1, 0.15) is 6.23 Å². The first-order valence-electron chi connectivity index (χ1n) is 6.87. The number of aromatic nitrogens is 2. The molecule has 5 N–H and O–H groups in total. The second-order valence-electron chi connectivity index (χ2n) is 5.11. The molecule has 0 spiro atoms. The Labute approximate surface area is 148 Å². The summed E-state index contributed by atoms with van der Waals surface area (Å²) >= 11 is 0. The van der Waals surface area contributed by atoms with Crippen molar-refractivity contribution in [1.82, 2.24) is 9.55 Å². The molecule has 0 saturated carbocycles. The van der Waals surface area contributed by atoms with Crippen molar-refractivity contribution in [3.05, 3.63) is 43.5 Å². The summed E-state index contributed by atoms with van der Waals surface area (Å²) in [5.74, 6) is 0. The Kier molecular flexibility index (Phi) is 6.39.